The second-order valence-electron chi connectivity index (χ2n) is 8.01. The van der Waals surface area contributed by atoms with Gasteiger partial charge in [0.05, 0.1) is 12.5 Å². The summed E-state index contributed by atoms with van der Waals surface area (Å²) in [7, 11) is 0. The zero-order valence-electron chi connectivity index (χ0n) is 17.9. The molecule has 2 amide bonds. The molecular formula is C22H29N5O3S. The van der Waals surface area contributed by atoms with Gasteiger partial charge in [-0.1, -0.05) is 30.4 Å². The fourth-order valence-corrected chi connectivity index (χ4v) is 4.84. The number of rotatable bonds is 8. The maximum Gasteiger partial charge on any atom is 0.228 e. The minimum atomic E-state index is -0.0818. The number of nitrogens with zero attached hydrogens (tertiary/aromatic N) is 4. The molecule has 1 atom stereocenters. The third-order valence-corrected chi connectivity index (χ3v) is 6.64. The molecule has 1 aromatic carbocycles. The Morgan fingerprint density at radius 2 is 2.00 bits per heavy atom. The molecule has 1 N–H and O–H groups in total. The van der Waals surface area contributed by atoms with Crippen molar-refractivity contribution < 1.29 is 14.3 Å². The molecule has 2 fully saturated rings. The minimum Gasteiger partial charge on any atom is -0.494 e. The number of ether oxygens (including phenoxy) is 1. The molecule has 1 unspecified atom stereocenters. The first-order valence-corrected chi connectivity index (χ1v) is 11.8. The maximum absolute atomic E-state index is 12.8. The molecule has 2 saturated heterocycles. The number of hydrogen-bond acceptors (Lipinski definition) is 7. The number of carbonyl (C=O) groups is 2. The fourth-order valence-electron chi connectivity index (χ4n) is 3.92. The Balaban J connectivity index is 1.29. The highest BCUT2D eigenvalue weighted by molar-refractivity contribution is 7.19. The zero-order chi connectivity index (χ0) is 21.6. The van der Waals surface area contributed by atoms with Crippen LogP contribution in [0.4, 0.5) is 10.3 Å². The van der Waals surface area contributed by atoms with Crippen LogP contribution in [0.1, 0.15) is 44.6 Å². The average Bonchev–Trinajstić information content (AvgIpc) is 3.46. The lowest BCUT2D eigenvalue weighted by molar-refractivity contribution is -0.125. The van der Waals surface area contributed by atoms with E-state index in [1.807, 2.05) is 24.3 Å². The van der Waals surface area contributed by atoms with E-state index in [9.17, 15) is 9.59 Å². The number of amides is 2. The van der Waals surface area contributed by atoms with Gasteiger partial charge in [-0.05, 0) is 43.4 Å². The second kappa shape index (κ2) is 10.1. The predicted molar refractivity (Wildman–Crippen MR) is 121 cm³/mol. The van der Waals surface area contributed by atoms with Crippen LogP contribution in [-0.2, 0) is 16.1 Å². The minimum absolute atomic E-state index is 0.0652. The van der Waals surface area contributed by atoms with Crippen molar-refractivity contribution in [3.8, 4) is 5.75 Å². The van der Waals surface area contributed by atoms with E-state index >= 15 is 0 Å². The van der Waals surface area contributed by atoms with Crippen LogP contribution in [0.5, 0.6) is 5.75 Å². The number of aromatic nitrogens is 2. The van der Waals surface area contributed by atoms with E-state index in [0.717, 1.165) is 48.7 Å². The van der Waals surface area contributed by atoms with Crippen molar-refractivity contribution in [2.45, 2.75) is 45.6 Å². The molecule has 9 heteroatoms. The summed E-state index contributed by atoms with van der Waals surface area (Å²) in [4.78, 5) is 28.5. The van der Waals surface area contributed by atoms with Gasteiger partial charge in [0, 0.05) is 32.6 Å². The van der Waals surface area contributed by atoms with E-state index in [4.69, 9.17) is 4.74 Å². The molecule has 0 aliphatic carbocycles. The van der Waals surface area contributed by atoms with Crippen molar-refractivity contribution in [2.75, 3.05) is 36.0 Å². The van der Waals surface area contributed by atoms with Gasteiger partial charge in [-0.3, -0.25) is 14.5 Å². The third kappa shape index (κ3) is 5.33. The van der Waals surface area contributed by atoms with Crippen LogP contribution in [0, 0.1) is 5.92 Å². The van der Waals surface area contributed by atoms with E-state index in [1.54, 1.807) is 4.90 Å². The summed E-state index contributed by atoms with van der Waals surface area (Å²) >= 11 is 1.44. The normalized spacial score (nSPS) is 19.0. The molecule has 3 heterocycles. The summed E-state index contributed by atoms with van der Waals surface area (Å²) < 4.78 is 5.60. The largest absolute Gasteiger partial charge is 0.494 e. The summed E-state index contributed by atoms with van der Waals surface area (Å²) in [5.74, 6) is 0.951. The SMILES string of the molecule is CCCOc1ccc(CNC(=O)C2CCCN(c3nnc(N4CCCC4=O)s3)C2)cc1. The zero-order valence-corrected chi connectivity index (χ0v) is 18.7. The Kier molecular flexibility index (Phi) is 7.01. The van der Waals surface area contributed by atoms with Gasteiger partial charge >= 0.3 is 0 Å². The van der Waals surface area contributed by atoms with E-state index in [0.29, 0.717) is 37.8 Å². The Bertz CT molecular complexity index is 901. The van der Waals surface area contributed by atoms with Gasteiger partial charge in [0.2, 0.25) is 22.1 Å². The Morgan fingerprint density at radius 1 is 1.19 bits per heavy atom. The highest BCUT2D eigenvalue weighted by Crippen LogP contribution is 2.32. The molecule has 2 aliphatic rings. The summed E-state index contributed by atoms with van der Waals surface area (Å²) in [6.07, 6.45) is 4.22. The number of anilines is 2. The van der Waals surface area contributed by atoms with Gasteiger partial charge in [-0.15, -0.1) is 10.2 Å². The Labute approximate surface area is 186 Å². The molecule has 0 saturated carbocycles. The van der Waals surface area contributed by atoms with Gasteiger partial charge < -0.3 is 15.0 Å². The molecule has 0 radical (unpaired) electrons. The number of carbonyl (C=O) groups excluding carboxylic acids is 2. The van der Waals surface area contributed by atoms with Crippen LogP contribution in [0.25, 0.3) is 0 Å². The lowest BCUT2D eigenvalue weighted by atomic mass is 9.97. The van der Waals surface area contributed by atoms with Crippen molar-refractivity contribution >= 4 is 33.4 Å². The molecule has 0 bridgehead atoms. The smallest absolute Gasteiger partial charge is 0.228 e. The highest BCUT2D eigenvalue weighted by Gasteiger charge is 2.30. The van der Waals surface area contributed by atoms with Crippen LogP contribution >= 0.6 is 11.3 Å². The Hall–Kier alpha value is -2.68. The first-order valence-electron chi connectivity index (χ1n) is 11.0. The molecule has 2 aromatic rings. The van der Waals surface area contributed by atoms with Crippen molar-refractivity contribution in [1.29, 1.82) is 0 Å². The topological polar surface area (TPSA) is 87.7 Å². The van der Waals surface area contributed by atoms with Crippen LogP contribution < -0.4 is 19.9 Å². The first kappa shape index (κ1) is 21.5. The molecule has 0 spiro atoms. The van der Waals surface area contributed by atoms with Gasteiger partial charge in [0.15, 0.2) is 0 Å². The summed E-state index contributed by atoms with van der Waals surface area (Å²) in [5, 5.41) is 13.0. The van der Waals surface area contributed by atoms with Crippen LogP contribution in [-0.4, -0.2) is 48.3 Å². The van der Waals surface area contributed by atoms with Crippen molar-refractivity contribution in [3.05, 3.63) is 29.8 Å². The molecule has 2 aliphatic heterocycles. The number of piperidine rings is 1. The van der Waals surface area contributed by atoms with E-state index in [2.05, 4.69) is 27.3 Å². The van der Waals surface area contributed by atoms with Gasteiger partial charge in [-0.2, -0.15) is 0 Å². The highest BCUT2D eigenvalue weighted by atomic mass is 32.1. The van der Waals surface area contributed by atoms with Gasteiger partial charge in [-0.25, -0.2) is 0 Å². The molecule has 1 aromatic heterocycles. The lowest BCUT2D eigenvalue weighted by Gasteiger charge is -2.31. The van der Waals surface area contributed by atoms with Crippen molar-refractivity contribution in [2.24, 2.45) is 5.92 Å². The summed E-state index contributed by atoms with van der Waals surface area (Å²) in [6.45, 7) is 5.48. The summed E-state index contributed by atoms with van der Waals surface area (Å²) in [6, 6.07) is 7.86. The van der Waals surface area contributed by atoms with Crippen LogP contribution in [0.3, 0.4) is 0 Å². The first-order chi connectivity index (χ1) is 15.1. The maximum atomic E-state index is 12.8. The second-order valence-corrected chi connectivity index (χ2v) is 8.95. The van der Waals surface area contributed by atoms with Crippen molar-refractivity contribution in [1.82, 2.24) is 15.5 Å². The summed E-state index contributed by atoms with van der Waals surface area (Å²) in [5.41, 5.74) is 1.05. The number of benzene rings is 1. The average molecular weight is 444 g/mol. The molecular weight excluding hydrogens is 414 g/mol. The fraction of sp³-hybridized carbons (Fsp3) is 0.545. The monoisotopic (exact) mass is 443 g/mol. The van der Waals surface area contributed by atoms with Crippen LogP contribution in [0.2, 0.25) is 0 Å². The standard InChI is InChI=1S/C22H29N5O3S/c1-2-13-30-18-9-7-16(8-10-18)14-23-20(29)17-5-3-11-26(15-17)21-24-25-22(31-21)27-12-4-6-19(27)28/h7-10,17H,2-6,11-15H2,1H3,(H,23,29). The quantitative estimate of drug-likeness (QED) is 0.675. The van der Waals surface area contributed by atoms with Crippen molar-refractivity contribution in [3.63, 3.8) is 0 Å². The predicted octanol–water partition coefficient (Wildman–Crippen LogP) is 2.99. The number of nitrogens with one attached hydrogen (secondary N) is 1. The third-order valence-electron chi connectivity index (χ3n) is 5.63. The van der Waals surface area contributed by atoms with E-state index in [1.165, 1.54) is 11.3 Å². The van der Waals surface area contributed by atoms with Gasteiger partial charge in [0.25, 0.3) is 0 Å². The molecule has 166 valence electrons. The number of hydrogen-bond donors (Lipinski definition) is 1. The lowest BCUT2D eigenvalue weighted by Crippen LogP contribution is -2.43. The Morgan fingerprint density at radius 3 is 2.74 bits per heavy atom. The molecule has 4 rings (SSSR count). The van der Waals surface area contributed by atoms with E-state index in [-0.39, 0.29) is 17.7 Å². The molecule has 8 nitrogen and oxygen atoms in total. The molecule has 31 heavy (non-hydrogen) atoms. The van der Waals surface area contributed by atoms with E-state index < -0.39 is 0 Å². The van der Waals surface area contributed by atoms with Crippen LogP contribution in [0.15, 0.2) is 24.3 Å². The van der Waals surface area contributed by atoms with Gasteiger partial charge in [0.1, 0.15) is 5.75 Å².